The van der Waals surface area contributed by atoms with Gasteiger partial charge in [0.25, 0.3) is 5.91 Å². The monoisotopic (exact) mass is 713 g/mol. The van der Waals surface area contributed by atoms with E-state index in [0.717, 1.165) is 18.2 Å². The zero-order chi connectivity index (χ0) is 37.4. The van der Waals surface area contributed by atoms with Gasteiger partial charge in [0.15, 0.2) is 0 Å². The van der Waals surface area contributed by atoms with E-state index in [1.807, 2.05) is 0 Å². The number of halogens is 4. The number of nitrogens with one attached hydrogen (secondary N) is 2. The van der Waals surface area contributed by atoms with Crippen LogP contribution in [-0.4, -0.2) is 71.1 Å². The van der Waals surface area contributed by atoms with Crippen LogP contribution in [0.4, 0.5) is 22.4 Å². The zero-order valence-electron chi connectivity index (χ0n) is 28.0. The summed E-state index contributed by atoms with van der Waals surface area (Å²) in [6, 6.07) is 11.3. The Labute approximate surface area is 289 Å². The molecule has 16 heteroatoms. The van der Waals surface area contributed by atoms with E-state index in [9.17, 15) is 37.1 Å². The van der Waals surface area contributed by atoms with Crippen LogP contribution in [0.5, 0.6) is 11.5 Å². The molecule has 5 rings (SSSR count). The van der Waals surface area contributed by atoms with E-state index in [1.165, 1.54) is 37.4 Å². The smallest absolute Gasteiger partial charge is 0.424 e. The molecule has 0 saturated carbocycles. The number of hydrogen-bond acceptors (Lipinski definition) is 9. The number of fused-ring (bicyclic) bond motifs is 2. The number of benzene rings is 2. The van der Waals surface area contributed by atoms with Crippen molar-refractivity contribution in [2.24, 2.45) is 5.73 Å². The highest BCUT2D eigenvalue weighted by Crippen LogP contribution is 2.47. The number of carbonyl (C=O) groups excluding carboxylic acids is 3. The first-order valence-electron chi connectivity index (χ1n) is 15.6. The van der Waals surface area contributed by atoms with Crippen molar-refractivity contribution >= 4 is 28.8 Å². The Morgan fingerprint density at radius 2 is 1.76 bits per heavy atom. The fraction of sp³-hybridized carbons (Fsp3) is 0.343. The third kappa shape index (κ3) is 7.65. The maximum Gasteiger partial charge on any atom is 0.424 e. The molecule has 0 spiro atoms. The van der Waals surface area contributed by atoms with Gasteiger partial charge >= 0.3 is 12.3 Å². The summed E-state index contributed by atoms with van der Waals surface area (Å²) in [6.45, 7) is 4.70. The van der Waals surface area contributed by atoms with Gasteiger partial charge in [-0.15, -0.1) is 0 Å². The molecule has 51 heavy (non-hydrogen) atoms. The van der Waals surface area contributed by atoms with Gasteiger partial charge in [0.1, 0.15) is 52.8 Å². The molecule has 1 aliphatic heterocycles. The molecule has 12 nitrogen and oxygen atoms in total. The van der Waals surface area contributed by atoms with Gasteiger partial charge in [0, 0.05) is 28.3 Å². The fourth-order valence-corrected chi connectivity index (χ4v) is 5.28. The molecule has 3 amide bonds. The van der Waals surface area contributed by atoms with E-state index in [0.29, 0.717) is 10.9 Å². The lowest BCUT2D eigenvalue weighted by Gasteiger charge is -2.31. The number of rotatable bonds is 10. The first-order chi connectivity index (χ1) is 23.8. The van der Waals surface area contributed by atoms with Crippen LogP contribution in [0.15, 0.2) is 60.8 Å². The van der Waals surface area contributed by atoms with Crippen molar-refractivity contribution in [3.8, 4) is 22.8 Å². The average molecular weight is 714 g/mol. The number of alkyl halides is 3. The fourth-order valence-electron chi connectivity index (χ4n) is 5.28. The summed E-state index contributed by atoms with van der Waals surface area (Å²) in [5, 5.41) is 16.5. The molecule has 0 aliphatic carbocycles. The Morgan fingerprint density at radius 3 is 2.41 bits per heavy atom. The first kappa shape index (κ1) is 36.8. The Hall–Kier alpha value is -5.51. The van der Waals surface area contributed by atoms with Crippen LogP contribution in [0, 0.1) is 5.82 Å². The lowest BCUT2D eigenvalue weighted by molar-refractivity contribution is -0.265. The second-order valence-electron chi connectivity index (χ2n) is 13.1. The Balaban J connectivity index is 1.45. The van der Waals surface area contributed by atoms with E-state index < -0.39 is 58.8 Å². The molecule has 2 aromatic heterocycles. The third-order valence-electron chi connectivity index (χ3n) is 8.09. The molecule has 3 heterocycles. The van der Waals surface area contributed by atoms with Crippen LogP contribution >= 0.6 is 0 Å². The highest BCUT2D eigenvalue weighted by atomic mass is 19.4. The highest BCUT2D eigenvalue weighted by molar-refractivity contribution is 6.00. The lowest BCUT2D eigenvalue weighted by Crippen LogP contribution is -2.51. The summed E-state index contributed by atoms with van der Waals surface area (Å²) < 4.78 is 74.9. The number of aliphatic hydroxyl groups is 1. The predicted octanol–water partition coefficient (Wildman–Crippen LogP) is 4.65. The maximum absolute atomic E-state index is 14.8. The van der Waals surface area contributed by atoms with Crippen LogP contribution in [0.3, 0.4) is 0 Å². The normalized spacial score (nSPS) is 16.8. The van der Waals surface area contributed by atoms with Crippen molar-refractivity contribution in [1.29, 1.82) is 0 Å². The first-order valence-corrected chi connectivity index (χ1v) is 15.6. The molecule has 0 radical (unpaired) electrons. The van der Waals surface area contributed by atoms with E-state index in [2.05, 4.69) is 20.6 Å². The van der Waals surface area contributed by atoms with Gasteiger partial charge in [-0.2, -0.15) is 13.2 Å². The van der Waals surface area contributed by atoms with E-state index in [1.54, 1.807) is 32.9 Å². The van der Waals surface area contributed by atoms with E-state index in [4.69, 9.17) is 19.9 Å². The van der Waals surface area contributed by atoms with Gasteiger partial charge in [-0.1, -0.05) is 6.07 Å². The summed E-state index contributed by atoms with van der Waals surface area (Å²) in [6.07, 6.45) is -4.60. The minimum atomic E-state index is -5.41. The summed E-state index contributed by atoms with van der Waals surface area (Å²) >= 11 is 0. The van der Waals surface area contributed by atoms with Crippen molar-refractivity contribution in [2.75, 3.05) is 26.3 Å². The number of ether oxygens (including phenoxy) is 3. The largest absolute Gasteiger partial charge is 0.489 e. The molecule has 0 fully saturated rings. The van der Waals surface area contributed by atoms with Gasteiger partial charge in [-0.05, 0) is 76.2 Å². The van der Waals surface area contributed by atoms with Crippen molar-refractivity contribution < 1.29 is 51.3 Å². The molecule has 0 saturated heterocycles. The van der Waals surface area contributed by atoms with Gasteiger partial charge in [0.2, 0.25) is 11.5 Å². The summed E-state index contributed by atoms with van der Waals surface area (Å²) in [7, 11) is 0. The number of alkyl carbamates (subject to hydrolysis) is 1. The molecule has 1 unspecified atom stereocenters. The lowest BCUT2D eigenvalue weighted by atomic mass is 9.81. The number of hydrogen-bond donors (Lipinski definition) is 4. The number of aromatic nitrogens is 2. The molecule has 1 aliphatic rings. The molecule has 4 aromatic rings. The number of nitrogens with two attached hydrogens (primary N) is 1. The number of amides is 3. The third-order valence-corrected chi connectivity index (χ3v) is 8.09. The van der Waals surface area contributed by atoms with Crippen molar-refractivity contribution in [3.05, 3.63) is 83.4 Å². The zero-order valence-corrected chi connectivity index (χ0v) is 28.0. The molecule has 2 aromatic carbocycles. The van der Waals surface area contributed by atoms with Crippen molar-refractivity contribution in [1.82, 2.24) is 20.6 Å². The van der Waals surface area contributed by atoms with Crippen molar-refractivity contribution in [3.63, 3.8) is 0 Å². The topological polar surface area (TPSA) is 175 Å². The summed E-state index contributed by atoms with van der Waals surface area (Å²) in [4.78, 5) is 46.2. The SMILES string of the molecule is CC(C)(C)OC(=O)NCCOc1cc(C(=O)NCC(O)(c2cc3c(c(-c4ccc(F)cc4)n2)OC[C@]3(C)C(N)=O)C(F)(F)F)cc2cccnc12. The summed E-state index contributed by atoms with van der Waals surface area (Å²) in [5.41, 5.74) is -1.38. The standard InChI is InChI=1S/C35H35F4N5O7/c1-32(2,3)51-31(47)42-12-13-49-24-15-21(14-20-6-5-11-41-26(20)24)29(45)43-17-34(48,35(37,38)39)25-16-23-28(50-18-33(23,4)30(40)46)27(44-25)19-7-9-22(36)10-8-19/h5-11,14-16,48H,12-13,17-18H2,1-4H3,(H2,40,46)(H,42,47)(H,43,45)/t33-,34?/m0/s1. The molecular formula is C35H35F4N5O7. The molecule has 2 atom stereocenters. The Kier molecular flexibility index (Phi) is 9.85. The maximum atomic E-state index is 14.8. The Morgan fingerprint density at radius 1 is 1.06 bits per heavy atom. The minimum absolute atomic E-state index is 0.0196. The number of pyridine rings is 2. The number of nitrogens with zero attached hydrogens (tertiary/aromatic N) is 2. The predicted molar refractivity (Wildman–Crippen MR) is 175 cm³/mol. The Bertz CT molecular complexity index is 1980. The molecule has 270 valence electrons. The van der Waals surface area contributed by atoms with Crippen LogP contribution < -0.4 is 25.8 Å². The van der Waals surface area contributed by atoms with Gasteiger partial charge < -0.3 is 35.7 Å². The molecule has 0 bridgehead atoms. The second kappa shape index (κ2) is 13.7. The second-order valence-corrected chi connectivity index (χ2v) is 13.1. The van der Waals surface area contributed by atoms with Crippen LogP contribution in [0.1, 0.15) is 49.3 Å². The minimum Gasteiger partial charge on any atom is -0.489 e. The quantitative estimate of drug-likeness (QED) is 0.135. The van der Waals surface area contributed by atoms with E-state index in [-0.39, 0.29) is 53.6 Å². The number of primary amides is 1. The van der Waals surface area contributed by atoms with Crippen LogP contribution in [0.25, 0.3) is 22.2 Å². The molecular weight excluding hydrogens is 678 g/mol. The highest BCUT2D eigenvalue weighted by Gasteiger charge is 2.57. The van der Waals surface area contributed by atoms with Crippen LogP contribution in [-0.2, 0) is 20.5 Å². The van der Waals surface area contributed by atoms with Crippen molar-refractivity contribution in [2.45, 2.75) is 50.5 Å². The summed E-state index contributed by atoms with van der Waals surface area (Å²) in [5.74, 6) is -2.49. The van der Waals surface area contributed by atoms with Gasteiger partial charge in [-0.3, -0.25) is 14.6 Å². The molecule has 5 N–H and O–H groups in total. The van der Waals surface area contributed by atoms with Gasteiger partial charge in [-0.25, -0.2) is 14.2 Å². The van der Waals surface area contributed by atoms with Gasteiger partial charge in [0.05, 0.1) is 18.8 Å². The van der Waals surface area contributed by atoms with E-state index >= 15 is 0 Å². The van der Waals surface area contributed by atoms with Crippen LogP contribution in [0.2, 0.25) is 0 Å². The number of carbonyl (C=O) groups is 3. The average Bonchev–Trinajstić information content (AvgIpc) is 3.41.